The van der Waals surface area contributed by atoms with Crippen molar-refractivity contribution < 1.29 is 37.5 Å². The van der Waals surface area contributed by atoms with Crippen molar-refractivity contribution in [2.24, 2.45) is 11.7 Å². The van der Waals surface area contributed by atoms with E-state index in [1.807, 2.05) is 13.8 Å². The Morgan fingerprint density at radius 2 is 1.12 bits per heavy atom. The van der Waals surface area contributed by atoms with Crippen LogP contribution in [0.3, 0.4) is 0 Å². The van der Waals surface area contributed by atoms with Gasteiger partial charge in [0.25, 0.3) is 0 Å². The van der Waals surface area contributed by atoms with Crippen LogP contribution in [0.15, 0.2) is 0 Å². The van der Waals surface area contributed by atoms with E-state index in [-0.39, 0.29) is 17.7 Å². The summed E-state index contributed by atoms with van der Waals surface area (Å²) in [4.78, 5) is 44.3. The van der Waals surface area contributed by atoms with Crippen LogP contribution < -0.4 is 27.0 Å². The van der Waals surface area contributed by atoms with E-state index in [4.69, 9.17) is 15.6 Å². The minimum absolute atomic E-state index is 0.00870. The largest absolute Gasteiger partial charge is 0.490 e. The highest BCUT2D eigenvalue weighted by molar-refractivity contribution is 5.87. The summed E-state index contributed by atoms with van der Waals surface area (Å²) in [6, 6.07) is -1.07. The highest BCUT2D eigenvalue weighted by atomic mass is 19.4. The average Bonchev–Trinajstić information content (AvgIpc) is 2.92. The molecule has 4 amide bonds. The molecule has 0 fully saturated rings. The third-order valence-corrected chi connectivity index (χ3v) is 6.67. The Bertz CT molecular complexity index is 739. The standard InChI is InChI=1S/C28H57N5O3.C2HF3O2/c1-4-5-6-7-8-9-10-11-12-13-14-15-20-30-21-18-19-25(34)33-26(24(2)3)27(35)31-22-16-17-23-32-28(29)36;3-2(4,5)1(6)7/h24,26,30H,4-23H2,1-3H3,(H,31,35)(H,33,34)(H3,29,32,36);(H,6,7). The van der Waals surface area contributed by atoms with E-state index in [2.05, 4.69) is 28.2 Å². The molecule has 0 aliphatic rings. The predicted octanol–water partition coefficient (Wildman–Crippen LogP) is 5.40. The third-order valence-electron chi connectivity index (χ3n) is 6.67. The topological polar surface area (TPSA) is 163 Å². The first-order valence-corrected chi connectivity index (χ1v) is 15.9. The zero-order valence-corrected chi connectivity index (χ0v) is 26.6. The molecule has 0 radical (unpaired) electrons. The van der Waals surface area contributed by atoms with E-state index in [1.165, 1.54) is 77.0 Å². The number of nitrogens with one attached hydrogen (secondary N) is 4. The van der Waals surface area contributed by atoms with Crippen molar-refractivity contribution in [2.75, 3.05) is 26.2 Å². The second-order valence-electron chi connectivity index (χ2n) is 11.1. The van der Waals surface area contributed by atoms with Crippen molar-refractivity contribution in [2.45, 2.75) is 136 Å². The summed E-state index contributed by atoms with van der Waals surface area (Å²) in [5.74, 6) is -2.99. The number of nitrogens with two attached hydrogens (primary N) is 1. The lowest BCUT2D eigenvalue weighted by Gasteiger charge is -2.21. The van der Waals surface area contributed by atoms with Crippen molar-refractivity contribution in [3.8, 4) is 0 Å². The monoisotopic (exact) mass is 625 g/mol. The van der Waals surface area contributed by atoms with E-state index in [0.717, 1.165) is 32.4 Å². The number of rotatable bonds is 25. The molecule has 1 atom stereocenters. The van der Waals surface area contributed by atoms with Gasteiger partial charge in [-0.15, -0.1) is 0 Å². The maximum atomic E-state index is 12.5. The smallest absolute Gasteiger partial charge is 0.475 e. The maximum absolute atomic E-state index is 12.5. The van der Waals surface area contributed by atoms with Crippen molar-refractivity contribution >= 4 is 23.8 Å². The third kappa shape index (κ3) is 30.7. The lowest BCUT2D eigenvalue weighted by Crippen LogP contribution is -2.50. The zero-order chi connectivity index (χ0) is 32.9. The summed E-state index contributed by atoms with van der Waals surface area (Å²) in [5, 5.41) is 18.8. The number of aliphatic carboxylic acids is 1. The van der Waals surface area contributed by atoms with Crippen LogP contribution in [0.1, 0.15) is 124 Å². The molecule has 254 valence electrons. The number of amides is 4. The van der Waals surface area contributed by atoms with Crippen molar-refractivity contribution in [3.05, 3.63) is 0 Å². The first-order valence-electron chi connectivity index (χ1n) is 15.9. The number of halogens is 3. The van der Waals surface area contributed by atoms with Gasteiger partial charge in [0.1, 0.15) is 6.04 Å². The van der Waals surface area contributed by atoms with Crippen molar-refractivity contribution in [1.82, 2.24) is 21.3 Å². The molecule has 0 aromatic rings. The molecule has 0 rings (SSSR count). The molecule has 0 aliphatic carbocycles. The number of hydrogen-bond acceptors (Lipinski definition) is 5. The van der Waals surface area contributed by atoms with Crippen LogP contribution in [0.5, 0.6) is 0 Å². The number of carbonyl (C=O) groups excluding carboxylic acids is 3. The fourth-order valence-corrected chi connectivity index (χ4v) is 4.15. The molecule has 0 saturated heterocycles. The Hall–Kier alpha value is -2.57. The number of unbranched alkanes of at least 4 members (excludes halogenated alkanes) is 12. The number of primary amides is 1. The van der Waals surface area contributed by atoms with E-state index in [0.29, 0.717) is 19.5 Å². The molecule has 0 bridgehead atoms. The van der Waals surface area contributed by atoms with Crippen molar-refractivity contribution in [1.29, 1.82) is 0 Å². The summed E-state index contributed by atoms with van der Waals surface area (Å²) in [6.07, 6.45) is 13.8. The molecule has 10 nitrogen and oxygen atoms in total. The van der Waals surface area contributed by atoms with Gasteiger partial charge in [-0.2, -0.15) is 13.2 Å². The normalized spacial score (nSPS) is 11.8. The molecule has 0 aliphatic heterocycles. The van der Waals surface area contributed by atoms with Crippen LogP contribution in [0, 0.1) is 5.92 Å². The van der Waals surface area contributed by atoms with E-state index >= 15 is 0 Å². The van der Waals surface area contributed by atoms with Crippen molar-refractivity contribution in [3.63, 3.8) is 0 Å². The quantitative estimate of drug-likeness (QED) is 0.0745. The first-order chi connectivity index (χ1) is 20.3. The van der Waals surface area contributed by atoms with Gasteiger partial charge in [-0.05, 0) is 44.7 Å². The van der Waals surface area contributed by atoms with Gasteiger partial charge < -0.3 is 32.1 Å². The highest BCUT2D eigenvalue weighted by Gasteiger charge is 2.38. The molecule has 0 saturated carbocycles. The Balaban J connectivity index is 0. The molecule has 13 heteroatoms. The van der Waals surface area contributed by atoms with Crippen LogP contribution in [-0.4, -0.2) is 67.3 Å². The minimum atomic E-state index is -5.08. The summed E-state index contributed by atoms with van der Waals surface area (Å²) >= 11 is 0. The summed E-state index contributed by atoms with van der Waals surface area (Å²) in [5.41, 5.74) is 5.02. The second kappa shape index (κ2) is 28.2. The van der Waals surface area contributed by atoms with E-state index in [1.54, 1.807) is 0 Å². The fraction of sp³-hybridized carbons (Fsp3) is 0.867. The number of hydrogen-bond donors (Lipinski definition) is 6. The molecule has 1 unspecified atom stereocenters. The molecular weight excluding hydrogens is 567 g/mol. The van der Waals surface area contributed by atoms with Gasteiger partial charge in [0.2, 0.25) is 11.8 Å². The molecule has 0 heterocycles. The number of carboxylic acid groups (broad SMARTS) is 1. The highest BCUT2D eigenvalue weighted by Crippen LogP contribution is 2.13. The van der Waals surface area contributed by atoms with Crippen LogP contribution in [0.4, 0.5) is 18.0 Å². The van der Waals surface area contributed by atoms with E-state index < -0.39 is 24.2 Å². The number of alkyl halides is 3. The molecule has 0 aromatic heterocycles. The van der Waals surface area contributed by atoms with Gasteiger partial charge in [0.15, 0.2) is 0 Å². The second-order valence-corrected chi connectivity index (χ2v) is 11.1. The van der Waals surface area contributed by atoms with Gasteiger partial charge in [-0.25, -0.2) is 9.59 Å². The summed E-state index contributed by atoms with van der Waals surface area (Å²) in [7, 11) is 0. The molecule has 0 aromatic carbocycles. The van der Waals surface area contributed by atoms with E-state index in [9.17, 15) is 27.6 Å². The average molecular weight is 626 g/mol. The first kappa shape index (κ1) is 42.6. The van der Waals surface area contributed by atoms with Crippen LogP contribution in [0.2, 0.25) is 0 Å². The molecule has 7 N–H and O–H groups in total. The fourth-order valence-electron chi connectivity index (χ4n) is 4.15. The van der Waals surface area contributed by atoms with Gasteiger partial charge in [0, 0.05) is 19.5 Å². The Morgan fingerprint density at radius 1 is 0.698 bits per heavy atom. The number of carbonyl (C=O) groups is 4. The van der Waals surface area contributed by atoms with Crippen LogP contribution in [-0.2, 0) is 14.4 Å². The molecule has 0 spiro atoms. The SMILES string of the molecule is CCCCCCCCCCCCCCNCCCC(=O)NC(C(=O)NCCCCNC(N)=O)C(C)C.O=C(O)C(F)(F)F. The lowest BCUT2D eigenvalue weighted by molar-refractivity contribution is -0.192. The maximum Gasteiger partial charge on any atom is 0.490 e. The van der Waals surface area contributed by atoms with Gasteiger partial charge in [0.05, 0.1) is 0 Å². The summed E-state index contributed by atoms with van der Waals surface area (Å²) in [6.45, 7) is 8.94. The predicted molar refractivity (Wildman–Crippen MR) is 163 cm³/mol. The number of urea groups is 1. The molecular formula is C30H58F3N5O5. The lowest BCUT2D eigenvalue weighted by atomic mass is 10.0. The zero-order valence-electron chi connectivity index (χ0n) is 26.6. The molecule has 43 heavy (non-hydrogen) atoms. The van der Waals surface area contributed by atoms with Gasteiger partial charge >= 0.3 is 18.2 Å². The van der Waals surface area contributed by atoms with Crippen LogP contribution >= 0.6 is 0 Å². The Labute approximate surface area is 256 Å². The summed E-state index contributed by atoms with van der Waals surface area (Å²) < 4.78 is 31.7. The van der Waals surface area contributed by atoms with Gasteiger partial charge in [-0.3, -0.25) is 9.59 Å². The Kier molecular flexibility index (Phi) is 27.9. The number of carboxylic acids is 1. The minimum Gasteiger partial charge on any atom is -0.475 e. The van der Waals surface area contributed by atoms with Gasteiger partial charge in [-0.1, -0.05) is 91.4 Å². The Morgan fingerprint density at radius 3 is 1.56 bits per heavy atom. The van der Waals surface area contributed by atoms with Crippen LogP contribution in [0.25, 0.3) is 0 Å².